The molecule has 5 heteroatoms. The predicted octanol–water partition coefficient (Wildman–Crippen LogP) is 11.7. The van der Waals surface area contributed by atoms with Crippen molar-refractivity contribution in [3.8, 4) is 39.6 Å². The summed E-state index contributed by atoms with van der Waals surface area (Å²) in [4.78, 5) is 15.4. The minimum absolute atomic E-state index is 0.689. The Morgan fingerprint density at radius 2 is 0.942 bits per heavy atom. The number of fused-ring (bicyclic) bond motifs is 12. The standard InChI is InChI=1S/C47H29N5/c1-3-14-30(15-4-1)38-29-39(31-16-5-2-6-17-31)49-46(48-38)32-18-13-19-33(28-32)51-40-24-11-9-22-36(40)45-42(51)26-27-43-44(45)34-20-7-8-21-35(34)47-50-37-23-10-12-25-41(37)52(43)47/h1-29H. The van der Waals surface area contributed by atoms with Crippen LogP contribution in [0.5, 0.6) is 0 Å². The van der Waals surface area contributed by atoms with Gasteiger partial charge in [0.2, 0.25) is 0 Å². The Bertz CT molecular complexity index is 3120. The molecule has 11 aromatic rings. The van der Waals surface area contributed by atoms with Crippen molar-refractivity contribution >= 4 is 60.2 Å². The second-order valence-corrected chi connectivity index (χ2v) is 13.3. The normalized spacial score (nSPS) is 11.8. The minimum atomic E-state index is 0.689. The Morgan fingerprint density at radius 3 is 1.69 bits per heavy atom. The molecule has 0 aliphatic carbocycles. The summed E-state index contributed by atoms with van der Waals surface area (Å²) in [5.74, 6) is 0.689. The lowest BCUT2D eigenvalue weighted by molar-refractivity contribution is 1.16. The highest BCUT2D eigenvalue weighted by atomic mass is 15.0. The van der Waals surface area contributed by atoms with Crippen molar-refractivity contribution in [3.05, 3.63) is 176 Å². The first-order chi connectivity index (χ1) is 25.8. The zero-order chi connectivity index (χ0) is 34.2. The van der Waals surface area contributed by atoms with E-state index >= 15 is 0 Å². The van der Waals surface area contributed by atoms with Crippen LogP contribution in [0.15, 0.2) is 176 Å². The van der Waals surface area contributed by atoms with E-state index in [2.05, 4.69) is 173 Å². The van der Waals surface area contributed by atoms with Crippen LogP contribution < -0.4 is 0 Å². The van der Waals surface area contributed by atoms with Gasteiger partial charge in [0.25, 0.3) is 0 Å². The Balaban J connectivity index is 1.19. The van der Waals surface area contributed by atoms with Gasteiger partial charge in [-0.05, 0) is 53.9 Å². The molecular weight excluding hydrogens is 635 g/mol. The summed E-state index contributed by atoms with van der Waals surface area (Å²) in [5, 5.41) is 5.99. The van der Waals surface area contributed by atoms with Crippen molar-refractivity contribution in [2.45, 2.75) is 0 Å². The van der Waals surface area contributed by atoms with Crippen molar-refractivity contribution in [1.82, 2.24) is 23.9 Å². The Kier molecular flexibility index (Phi) is 6.18. The average molecular weight is 664 g/mol. The summed E-state index contributed by atoms with van der Waals surface area (Å²) in [6.45, 7) is 0. The molecule has 0 spiro atoms. The molecule has 7 aromatic carbocycles. The first-order valence-corrected chi connectivity index (χ1v) is 17.5. The van der Waals surface area contributed by atoms with Gasteiger partial charge in [-0.15, -0.1) is 0 Å². The van der Waals surface area contributed by atoms with Crippen molar-refractivity contribution in [3.63, 3.8) is 0 Å². The monoisotopic (exact) mass is 663 g/mol. The summed E-state index contributed by atoms with van der Waals surface area (Å²) >= 11 is 0. The van der Waals surface area contributed by atoms with E-state index < -0.39 is 0 Å². The highest BCUT2D eigenvalue weighted by molar-refractivity contribution is 6.29. The fourth-order valence-corrected chi connectivity index (χ4v) is 8.01. The molecule has 0 aliphatic heterocycles. The Labute approximate surface area is 298 Å². The molecule has 0 unspecified atom stereocenters. The van der Waals surface area contributed by atoms with Crippen LogP contribution in [0.4, 0.5) is 0 Å². The number of benzene rings is 7. The molecule has 0 saturated carbocycles. The second-order valence-electron chi connectivity index (χ2n) is 13.3. The van der Waals surface area contributed by atoms with Crippen molar-refractivity contribution in [2.75, 3.05) is 0 Å². The van der Waals surface area contributed by atoms with Crippen LogP contribution in [0.1, 0.15) is 0 Å². The van der Waals surface area contributed by atoms with E-state index in [4.69, 9.17) is 15.0 Å². The number of para-hydroxylation sites is 3. The molecule has 0 atom stereocenters. The van der Waals surface area contributed by atoms with Crippen LogP contribution in [-0.4, -0.2) is 23.9 Å². The number of pyridine rings is 1. The third kappa shape index (κ3) is 4.26. The van der Waals surface area contributed by atoms with Gasteiger partial charge < -0.3 is 4.57 Å². The van der Waals surface area contributed by atoms with Gasteiger partial charge >= 0.3 is 0 Å². The van der Waals surface area contributed by atoms with Crippen LogP contribution >= 0.6 is 0 Å². The molecule has 4 heterocycles. The molecule has 0 aliphatic rings. The van der Waals surface area contributed by atoms with Gasteiger partial charge in [0.05, 0.1) is 39.0 Å². The van der Waals surface area contributed by atoms with Gasteiger partial charge in [0.15, 0.2) is 5.82 Å². The molecule has 0 saturated heterocycles. The molecule has 4 aromatic heterocycles. The molecule has 11 rings (SSSR count). The van der Waals surface area contributed by atoms with Gasteiger partial charge in [0.1, 0.15) is 5.65 Å². The largest absolute Gasteiger partial charge is 0.309 e. The maximum Gasteiger partial charge on any atom is 0.160 e. The summed E-state index contributed by atoms with van der Waals surface area (Å²) in [6, 6.07) is 61.8. The number of rotatable bonds is 4. The quantitative estimate of drug-likeness (QED) is 0.176. The van der Waals surface area contributed by atoms with E-state index in [1.165, 1.54) is 21.5 Å². The van der Waals surface area contributed by atoms with E-state index in [1.54, 1.807) is 0 Å². The summed E-state index contributed by atoms with van der Waals surface area (Å²) < 4.78 is 4.72. The van der Waals surface area contributed by atoms with Gasteiger partial charge in [-0.1, -0.05) is 127 Å². The summed E-state index contributed by atoms with van der Waals surface area (Å²) in [6.07, 6.45) is 0. The molecule has 0 radical (unpaired) electrons. The Morgan fingerprint density at radius 1 is 0.365 bits per heavy atom. The smallest absolute Gasteiger partial charge is 0.160 e. The maximum atomic E-state index is 5.14. The van der Waals surface area contributed by atoms with E-state index in [9.17, 15) is 0 Å². The van der Waals surface area contributed by atoms with E-state index in [1.807, 2.05) is 12.1 Å². The fourth-order valence-electron chi connectivity index (χ4n) is 8.01. The summed E-state index contributed by atoms with van der Waals surface area (Å²) in [7, 11) is 0. The lowest BCUT2D eigenvalue weighted by atomic mass is 10.0. The third-order valence-electron chi connectivity index (χ3n) is 10.3. The van der Waals surface area contributed by atoms with Crippen molar-refractivity contribution in [2.24, 2.45) is 0 Å². The number of nitrogens with zero attached hydrogens (tertiary/aromatic N) is 5. The predicted molar refractivity (Wildman–Crippen MR) is 214 cm³/mol. The van der Waals surface area contributed by atoms with Gasteiger partial charge in [-0.3, -0.25) is 4.40 Å². The number of hydrogen-bond acceptors (Lipinski definition) is 3. The number of imidazole rings is 1. The molecule has 5 nitrogen and oxygen atoms in total. The van der Waals surface area contributed by atoms with Gasteiger partial charge in [-0.25, -0.2) is 15.0 Å². The summed E-state index contributed by atoms with van der Waals surface area (Å²) in [5.41, 5.74) is 12.4. The zero-order valence-electron chi connectivity index (χ0n) is 28.0. The zero-order valence-corrected chi connectivity index (χ0v) is 28.0. The minimum Gasteiger partial charge on any atom is -0.309 e. The molecule has 0 fully saturated rings. The fraction of sp³-hybridized carbons (Fsp3) is 0. The number of aromatic nitrogens is 5. The third-order valence-corrected chi connectivity index (χ3v) is 10.3. The van der Waals surface area contributed by atoms with Crippen molar-refractivity contribution < 1.29 is 0 Å². The van der Waals surface area contributed by atoms with Gasteiger partial charge in [-0.2, -0.15) is 0 Å². The SMILES string of the molecule is c1ccc(-c2cc(-c3ccccc3)nc(-c3cccc(-n4c5ccccc5c5c6c7ccccc7c7nc8ccccc8n7c6ccc54)c3)n2)cc1. The first kappa shape index (κ1) is 28.7. The van der Waals surface area contributed by atoms with Crippen LogP contribution in [-0.2, 0) is 0 Å². The average Bonchev–Trinajstić information content (AvgIpc) is 3.78. The van der Waals surface area contributed by atoms with Gasteiger partial charge in [0, 0.05) is 43.9 Å². The van der Waals surface area contributed by atoms with Crippen LogP contribution in [0.25, 0.3) is 99.8 Å². The van der Waals surface area contributed by atoms with Crippen molar-refractivity contribution in [1.29, 1.82) is 0 Å². The van der Waals surface area contributed by atoms with Crippen LogP contribution in [0.2, 0.25) is 0 Å². The molecular formula is C47H29N5. The molecule has 0 bridgehead atoms. The highest BCUT2D eigenvalue weighted by Crippen LogP contribution is 2.42. The van der Waals surface area contributed by atoms with E-state index in [0.717, 1.165) is 72.4 Å². The second kappa shape index (κ2) is 11.2. The molecule has 0 amide bonds. The first-order valence-electron chi connectivity index (χ1n) is 17.5. The van der Waals surface area contributed by atoms with E-state index in [-0.39, 0.29) is 0 Å². The molecule has 52 heavy (non-hydrogen) atoms. The molecule has 242 valence electrons. The lowest BCUT2D eigenvalue weighted by Crippen LogP contribution is -1.98. The topological polar surface area (TPSA) is 48.0 Å². The lowest BCUT2D eigenvalue weighted by Gasteiger charge is -2.13. The maximum absolute atomic E-state index is 5.14. The highest BCUT2D eigenvalue weighted by Gasteiger charge is 2.21. The Hall–Kier alpha value is -7.11. The van der Waals surface area contributed by atoms with E-state index in [0.29, 0.717) is 5.82 Å². The molecule has 0 N–H and O–H groups in total. The van der Waals surface area contributed by atoms with Crippen LogP contribution in [0.3, 0.4) is 0 Å². The van der Waals surface area contributed by atoms with Crippen LogP contribution in [0, 0.1) is 0 Å². The number of hydrogen-bond donors (Lipinski definition) is 0.